The first-order valence-electron chi connectivity index (χ1n) is 6.88. The summed E-state index contributed by atoms with van der Waals surface area (Å²) in [6.07, 6.45) is 1.04. The minimum Gasteiger partial charge on any atom is -0.302 e. The third-order valence-corrected chi connectivity index (χ3v) is 3.72. The van der Waals surface area contributed by atoms with Crippen LogP contribution in [-0.2, 0) is 11.3 Å². The fourth-order valence-electron chi connectivity index (χ4n) is 2.71. The summed E-state index contributed by atoms with van der Waals surface area (Å²) in [7, 11) is 0. The second-order valence-electron chi connectivity index (χ2n) is 5.02. The van der Waals surface area contributed by atoms with Gasteiger partial charge in [0.2, 0.25) is 0 Å². The van der Waals surface area contributed by atoms with Gasteiger partial charge in [-0.3, -0.25) is 0 Å². The maximum atomic E-state index is 5.28. The zero-order chi connectivity index (χ0) is 13.2. The number of benzene rings is 2. The van der Waals surface area contributed by atoms with Crippen LogP contribution in [0.5, 0.6) is 0 Å². The molecule has 98 valence electrons. The summed E-state index contributed by atoms with van der Waals surface area (Å²) in [5.41, 5.74) is 9.95. The quantitative estimate of drug-likeness (QED) is 0.713. The lowest BCUT2D eigenvalue weighted by Gasteiger charge is -2.14. The molecule has 0 spiro atoms. The number of hydroxylamine groups is 1. The van der Waals surface area contributed by atoms with E-state index >= 15 is 0 Å². The molecule has 0 heterocycles. The second kappa shape index (κ2) is 5.16. The van der Waals surface area contributed by atoms with Crippen molar-refractivity contribution in [2.75, 3.05) is 6.61 Å². The lowest BCUT2D eigenvalue weighted by Crippen LogP contribution is -2.19. The fraction of sp³-hybridized carbons (Fsp3) is 0.294. The number of hydrogen-bond donors (Lipinski definition) is 1. The molecule has 0 bridgehead atoms. The molecule has 1 atom stereocenters. The molecule has 3 rings (SSSR count). The van der Waals surface area contributed by atoms with Gasteiger partial charge < -0.3 is 4.84 Å². The van der Waals surface area contributed by atoms with Gasteiger partial charge in [0.1, 0.15) is 0 Å². The standard InChI is InChI=1S/C17H19NO/c1-3-19-18-12(2)13-8-9-17-15(10-13)11-14-6-4-5-7-16(14)17/h4-10,12,18H,3,11H2,1-2H3. The van der Waals surface area contributed by atoms with Crippen molar-refractivity contribution >= 4 is 0 Å². The Labute approximate surface area is 114 Å². The van der Waals surface area contributed by atoms with E-state index in [0.29, 0.717) is 6.61 Å². The summed E-state index contributed by atoms with van der Waals surface area (Å²) >= 11 is 0. The first kappa shape index (κ1) is 12.4. The predicted molar refractivity (Wildman–Crippen MR) is 77.9 cm³/mol. The average molecular weight is 253 g/mol. The van der Waals surface area contributed by atoms with Crippen molar-refractivity contribution in [2.45, 2.75) is 26.3 Å². The summed E-state index contributed by atoms with van der Waals surface area (Å²) < 4.78 is 0. The lowest BCUT2D eigenvalue weighted by atomic mass is 10.0. The Hall–Kier alpha value is -1.64. The molecule has 0 aliphatic heterocycles. The van der Waals surface area contributed by atoms with Crippen LogP contribution < -0.4 is 5.48 Å². The van der Waals surface area contributed by atoms with Crippen LogP contribution in [0, 0.1) is 0 Å². The SMILES string of the molecule is CCONC(C)c1ccc2c(c1)Cc1ccccc1-2. The van der Waals surface area contributed by atoms with Gasteiger partial charge in [0, 0.05) is 0 Å². The van der Waals surface area contributed by atoms with E-state index in [0.717, 1.165) is 6.42 Å². The highest BCUT2D eigenvalue weighted by Crippen LogP contribution is 2.37. The molecule has 0 amide bonds. The van der Waals surface area contributed by atoms with Crippen LogP contribution in [0.2, 0.25) is 0 Å². The van der Waals surface area contributed by atoms with E-state index in [-0.39, 0.29) is 6.04 Å². The molecule has 0 radical (unpaired) electrons. The van der Waals surface area contributed by atoms with E-state index in [2.05, 4.69) is 54.9 Å². The van der Waals surface area contributed by atoms with E-state index in [1.807, 2.05) is 6.92 Å². The topological polar surface area (TPSA) is 21.3 Å². The Balaban J connectivity index is 1.89. The Morgan fingerprint density at radius 1 is 1.11 bits per heavy atom. The molecule has 1 aliphatic carbocycles. The molecule has 2 aromatic rings. The Bertz CT molecular complexity index is 592. The van der Waals surface area contributed by atoms with Crippen molar-refractivity contribution in [1.82, 2.24) is 5.48 Å². The molecule has 0 saturated heterocycles. The molecule has 1 unspecified atom stereocenters. The van der Waals surface area contributed by atoms with Crippen molar-refractivity contribution in [3.8, 4) is 11.1 Å². The minimum atomic E-state index is 0.217. The van der Waals surface area contributed by atoms with E-state index in [1.165, 1.54) is 27.8 Å². The molecular formula is C17H19NO. The zero-order valence-corrected chi connectivity index (χ0v) is 11.4. The zero-order valence-electron chi connectivity index (χ0n) is 11.4. The van der Waals surface area contributed by atoms with Gasteiger partial charge in [-0.1, -0.05) is 42.5 Å². The van der Waals surface area contributed by atoms with Gasteiger partial charge in [-0.25, -0.2) is 0 Å². The lowest BCUT2D eigenvalue weighted by molar-refractivity contribution is 0.0285. The number of hydrogen-bond acceptors (Lipinski definition) is 2. The highest BCUT2D eigenvalue weighted by Gasteiger charge is 2.18. The fourth-order valence-corrected chi connectivity index (χ4v) is 2.71. The van der Waals surface area contributed by atoms with Crippen LogP contribution in [0.1, 0.15) is 36.6 Å². The second-order valence-corrected chi connectivity index (χ2v) is 5.02. The van der Waals surface area contributed by atoms with E-state index < -0.39 is 0 Å². The highest BCUT2D eigenvalue weighted by atomic mass is 16.6. The van der Waals surface area contributed by atoms with Crippen LogP contribution >= 0.6 is 0 Å². The highest BCUT2D eigenvalue weighted by molar-refractivity contribution is 5.76. The third kappa shape index (κ3) is 2.29. The van der Waals surface area contributed by atoms with Gasteiger partial charge in [-0.2, -0.15) is 5.48 Å². The molecule has 0 saturated carbocycles. The molecular weight excluding hydrogens is 234 g/mol. The van der Waals surface area contributed by atoms with Crippen molar-refractivity contribution in [1.29, 1.82) is 0 Å². The molecule has 2 aromatic carbocycles. The predicted octanol–water partition coefficient (Wildman–Crippen LogP) is 3.86. The van der Waals surface area contributed by atoms with Crippen molar-refractivity contribution < 1.29 is 4.84 Å². The van der Waals surface area contributed by atoms with E-state index in [1.54, 1.807) is 0 Å². The van der Waals surface area contributed by atoms with Crippen molar-refractivity contribution in [3.63, 3.8) is 0 Å². The number of fused-ring (bicyclic) bond motifs is 3. The Morgan fingerprint density at radius 2 is 1.89 bits per heavy atom. The van der Waals surface area contributed by atoms with Crippen LogP contribution in [0.15, 0.2) is 42.5 Å². The number of rotatable bonds is 4. The Kier molecular flexibility index (Phi) is 3.36. The summed E-state index contributed by atoms with van der Waals surface area (Å²) in [5, 5.41) is 0. The van der Waals surface area contributed by atoms with Gasteiger partial charge in [0.05, 0.1) is 12.6 Å². The smallest absolute Gasteiger partial charge is 0.0654 e. The normalized spacial score (nSPS) is 14.0. The molecule has 2 nitrogen and oxygen atoms in total. The van der Waals surface area contributed by atoms with Gasteiger partial charge in [-0.05, 0) is 48.1 Å². The molecule has 1 N–H and O–H groups in total. The summed E-state index contributed by atoms with van der Waals surface area (Å²) in [6.45, 7) is 4.79. The van der Waals surface area contributed by atoms with Crippen LogP contribution in [-0.4, -0.2) is 6.61 Å². The molecule has 0 aromatic heterocycles. The van der Waals surface area contributed by atoms with E-state index in [9.17, 15) is 0 Å². The van der Waals surface area contributed by atoms with Crippen LogP contribution in [0.4, 0.5) is 0 Å². The van der Waals surface area contributed by atoms with Crippen LogP contribution in [0.3, 0.4) is 0 Å². The largest absolute Gasteiger partial charge is 0.302 e. The monoisotopic (exact) mass is 253 g/mol. The maximum absolute atomic E-state index is 5.28. The first-order chi connectivity index (χ1) is 9.29. The van der Waals surface area contributed by atoms with E-state index in [4.69, 9.17) is 4.84 Å². The molecule has 2 heteroatoms. The Morgan fingerprint density at radius 3 is 2.74 bits per heavy atom. The maximum Gasteiger partial charge on any atom is 0.0654 e. The molecule has 0 fully saturated rings. The van der Waals surface area contributed by atoms with Crippen LogP contribution in [0.25, 0.3) is 11.1 Å². The van der Waals surface area contributed by atoms with Gasteiger partial charge in [-0.15, -0.1) is 0 Å². The summed E-state index contributed by atoms with van der Waals surface area (Å²) in [4.78, 5) is 5.28. The van der Waals surface area contributed by atoms with Gasteiger partial charge in [0.25, 0.3) is 0 Å². The molecule has 1 aliphatic rings. The third-order valence-electron chi connectivity index (χ3n) is 3.72. The first-order valence-corrected chi connectivity index (χ1v) is 6.88. The molecule has 19 heavy (non-hydrogen) atoms. The van der Waals surface area contributed by atoms with Crippen molar-refractivity contribution in [2.24, 2.45) is 0 Å². The van der Waals surface area contributed by atoms with Gasteiger partial charge >= 0.3 is 0 Å². The summed E-state index contributed by atoms with van der Waals surface area (Å²) in [5.74, 6) is 0. The summed E-state index contributed by atoms with van der Waals surface area (Å²) in [6, 6.07) is 15.6. The minimum absolute atomic E-state index is 0.217. The van der Waals surface area contributed by atoms with Gasteiger partial charge in [0.15, 0.2) is 0 Å². The van der Waals surface area contributed by atoms with Crippen molar-refractivity contribution in [3.05, 3.63) is 59.2 Å². The number of nitrogens with one attached hydrogen (secondary N) is 1. The average Bonchev–Trinajstić information content (AvgIpc) is 2.82.